The molecule has 0 aliphatic carbocycles. The van der Waals surface area contributed by atoms with E-state index in [9.17, 15) is 9.90 Å². The van der Waals surface area contributed by atoms with Gasteiger partial charge in [-0.25, -0.2) is 19.0 Å². The van der Waals surface area contributed by atoms with Crippen molar-refractivity contribution in [2.24, 2.45) is 0 Å². The Morgan fingerprint density at radius 2 is 1.84 bits per heavy atom. The molecule has 0 aliphatic rings. The number of fused-ring (bicyclic) bond motifs is 2. The number of rotatable bonds is 4. The number of pyridine rings is 1. The lowest BCUT2D eigenvalue weighted by molar-refractivity contribution is 0.476. The fraction of sp³-hybridized carbons (Fsp3) is 0.0714. The van der Waals surface area contributed by atoms with Crippen molar-refractivity contribution in [1.29, 1.82) is 0 Å². The summed E-state index contributed by atoms with van der Waals surface area (Å²) < 4.78 is 18.0. The maximum absolute atomic E-state index is 15.0. The number of nitrogens with zero attached hydrogens (tertiary/aromatic N) is 5. The molecular weight excluding hydrogens is 507 g/mol. The minimum Gasteiger partial charge on any atom is -0.506 e. The Hall–Kier alpha value is -4.76. The van der Waals surface area contributed by atoms with Crippen molar-refractivity contribution >= 4 is 39.2 Å². The lowest BCUT2D eigenvalue weighted by atomic mass is 10.1. The first kappa shape index (κ1) is 23.6. The Labute approximate surface area is 220 Å². The molecule has 0 atom stereocenters. The van der Waals surface area contributed by atoms with Crippen molar-refractivity contribution in [3.63, 3.8) is 0 Å². The molecule has 0 saturated heterocycles. The molecule has 3 aromatic heterocycles. The molecule has 0 amide bonds. The molecule has 6 rings (SSSR count). The third-order valence-corrected chi connectivity index (χ3v) is 6.83. The highest BCUT2D eigenvalue weighted by molar-refractivity contribution is 6.32. The molecule has 0 unspecified atom stereocenters. The van der Waals surface area contributed by atoms with E-state index in [0.29, 0.717) is 33.4 Å². The molecule has 0 bridgehead atoms. The number of benzene rings is 3. The molecule has 6 aromatic rings. The Balaban J connectivity index is 1.62. The largest absolute Gasteiger partial charge is 0.506 e. The summed E-state index contributed by atoms with van der Waals surface area (Å²) in [4.78, 5) is 22.3. The molecule has 10 heteroatoms. The molecule has 8 nitrogen and oxygen atoms in total. The number of phenolic OH excluding ortho intramolecular Hbond substituents is 1. The number of aromatic nitrogens is 5. The van der Waals surface area contributed by atoms with Crippen LogP contribution in [0.25, 0.3) is 38.8 Å². The van der Waals surface area contributed by atoms with Gasteiger partial charge in [-0.2, -0.15) is 5.10 Å². The van der Waals surface area contributed by atoms with E-state index in [-0.39, 0.29) is 34.4 Å². The van der Waals surface area contributed by atoms with Crippen LogP contribution in [-0.2, 0) is 6.54 Å². The zero-order valence-corrected chi connectivity index (χ0v) is 20.8. The first-order chi connectivity index (χ1) is 18.3. The molecule has 38 heavy (non-hydrogen) atoms. The zero-order valence-electron chi connectivity index (χ0n) is 20.1. The molecule has 3 aromatic carbocycles. The van der Waals surface area contributed by atoms with E-state index < -0.39 is 5.82 Å². The lowest BCUT2D eigenvalue weighted by Gasteiger charge is -2.16. The van der Waals surface area contributed by atoms with Gasteiger partial charge in [0.05, 0.1) is 28.0 Å². The summed E-state index contributed by atoms with van der Waals surface area (Å²) in [5, 5.41) is 16.8. The van der Waals surface area contributed by atoms with Gasteiger partial charge in [-0.1, -0.05) is 48.0 Å². The lowest BCUT2D eigenvalue weighted by Crippen LogP contribution is -2.25. The molecule has 188 valence electrons. The number of anilines is 1. The molecule has 0 radical (unpaired) electrons. The number of para-hydroxylation sites is 1. The summed E-state index contributed by atoms with van der Waals surface area (Å²) in [6.07, 6.45) is 1.33. The van der Waals surface area contributed by atoms with E-state index in [4.69, 9.17) is 22.4 Å². The second kappa shape index (κ2) is 8.97. The summed E-state index contributed by atoms with van der Waals surface area (Å²) in [7, 11) is 0. The number of hydrogen-bond donors (Lipinski definition) is 2. The minimum atomic E-state index is -0.530. The number of nitrogens with two attached hydrogens (primary N) is 1. The molecule has 0 saturated carbocycles. The monoisotopic (exact) mass is 526 g/mol. The average Bonchev–Trinajstić information content (AvgIpc) is 3.26. The zero-order chi connectivity index (χ0) is 26.6. The van der Waals surface area contributed by atoms with Gasteiger partial charge in [0.2, 0.25) is 0 Å². The topological polar surface area (TPSA) is 112 Å². The van der Waals surface area contributed by atoms with Crippen LogP contribution >= 0.6 is 11.6 Å². The summed E-state index contributed by atoms with van der Waals surface area (Å²) >= 11 is 6.00. The Bertz CT molecular complexity index is 1950. The number of phenols is 1. The molecule has 0 fully saturated rings. The number of hydrogen-bond acceptors (Lipinski definition) is 6. The molecule has 3 heterocycles. The maximum atomic E-state index is 15.0. The molecule has 0 aliphatic heterocycles. The fourth-order valence-electron chi connectivity index (χ4n) is 4.76. The highest BCUT2D eigenvalue weighted by Gasteiger charge is 2.21. The third-order valence-electron chi connectivity index (χ3n) is 6.51. The van der Waals surface area contributed by atoms with E-state index in [0.717, 1.165) is 10.9 Å². The van der Waals surface area contributed by atoms with Crippen LogP contribution in [-0.4, -0.2) is 29.4 Å². The predicted molar refractivity (Wildman–Crippen MR) is 145 cm³/mol. The summed E-state index contributed by atoms with van der Waals surface area (Å²) in [5.74, 6) is -0.440. The molecule has 0 spiro atoms. The highest BCUT2D eigenvalue weighted by Crippen LogP contribution is 2.34. The van der Waals surface area contributed by atoms with E-state index in [1.807, 2.05) is 31.2 Å². The quantitative estimate of drug-likeness (QED) is 0.325. The predicted octanol–water partition coefficient (Wildman–Crippen LogP) is 5.23. The van der Waals surface area contributed by atoms with Crippen LogP contribution in [0.3, 0.4) is 0 Å². The Kier molecular flexibility index (Phi) is 5.57. The van der Waals surface area contributed by atoms with Gasteiger partial charge in [0.15, 0.2) is 5.65 Å². The van der Waals surface area contributed by atoms with Crippen LogP contribution in [0, 0.1) is 12.7 Å². The van der Waals surface area contributed by atoms with Crippen molar-refractivity contribution in [3.05, 3.63) is 106 Å². The van der Waals surface area contributed by atoms with E-state index in [2.05, 4.69) is 9.97 Å². The van der Waals surface area contributed by atoms with Gasteiger partial charge < -0.3 is 10.8 Å². The Morgan fingerprint density at radius 1 is 1.03 bits per heavy atom. The third kappa shape index (κ3) is 3.75. The summed E-state index contributed by atoms with van der Waals surface area (Å²) in [6, 6.07) is 18.3. The van der Waals surface area contributed by atoms with Gasteiger partial charge in [-0.15, -0.1) is 0 Å². The SMILES string of the molecule is Cc1cccc2cc(Cn3nc(-c4ccc(Cl)c(O)c4)c4c(N)ncnc43)n(-c3ccccc3F)c(=O)c12. The summed E-state index contributed by atoms with van der Waals surface area (Å²) in [5.41, 5.74) is 8.70. The van der Waals surface area contributed by atoms with Crippen LogP contribution in [0.15, 0.2) is 77.9 Å². The average molecular weight is 527 g/mol. The first-order valence-electron chi connectivity index (χ1n) is 11.7. The van der Waals surface area contributed by atoms with Crippen molar-refractivity contribution in [1.82, 2.24) is 24.3 Å². The standard InChI is InChI=1S/C28H20ClFN6O2/c1-15-5-4-6-16-11-18(36(28(38)23(15)16)21-8-3-2-7-20(21)30)13-35-27-24(26(31)32-14-33-27)25(34-35)17-9-10-19(29)22(37)12-17/h2-12,14,37H,13H2,1H3,(H2,31,32,33). The highest BCUT2D eigenvalue weighted by atomic mass is 35.5. The van der Waals surface area contributed by atoms with Gasteiger partial charge >= 0.3 is 0 Å². The van der Waals surface area contributed by atoms with Gasteiger partial charge in [-0.05, 0) is 48.2 Å². The second-order valence-corrected chi connectivity index (χ2v) is 9.30. The molecule has 3 N–H and O–H groups in total. The normalized spacial score (nSPS) is 11.4. The van der Waals surface area contributed by atoms with Crippen molar-refractivity contribution in [2.75, 3.05) is 5.73 Å². The van der Waals surface area contributed by atoms with Crippen molar-refractivity contribution in [3.8, 4) is 22.7 Å². The van der Waals surface area contributed by atoms with Gasteiger partial charge in [-0.3, -0.25) is 9.36 Å². The molecular formula is C28H20ClFN6O2. The second-order valence-electron chi connectivity index (χ2n) is 8.90. The van der Waals surface area contributed by atoms with Crippen LogP contribution in [0.4, 0.5) is 10.2 Å². The first-order valence-corrected chi connectivity index (χ1v) is 12.1. The number of aromatic hydroxyl groups is 1. The van der Waals surface area contributed by atoms with Gasteiger partial charge in [0.25, 0.3) is 5.56 Å². The van der Waals surface area contributed by atoms with E-state index >= 15 is 4.39 Å². The van der Waals surface area contributed by atoms with Gasteiger partial charge in [0.1, 0.15) is 29.4 Å². The maximum Gasteiger partial charge on any atom is 0.263 e. The number of nitrogen functional groups attached to an aromatic ring is 1. The van der Waals surface area contributed by atoms with Crippen LogP contribution in [0.1, 0.15) is 11.3 Å². The Morgan fingerprint density at radius 3 is 2.63 bits per heavy atom. The van der Waals surface area contributed by atoms with E-state index in [1.54, 1.807) is 35.0 Å². The van der Waals surface area contributed by atoms with Crippen molar-refractivity contribution in [2.45, 2.75) is 13.5 Å². The van der Waals surface area contributed by atoms with E-state index in [1.165, 1.54) is 23.0 Å². The number of aryl methyl sites for hydroxylation is 1. The number of halogens is 2. The van der Waals surface area contributed by atoms with Crippen LogP contribution in [0.2, 0.25) is 5.02 Å². The van der Waals surface area contributed by atoms with Crippen molar-refractivity contribution < 1.29 is 9.50 Å². The van der Waals surface area contributed by atoms with Gasteiger partial charge in [0, 0.05) is 11.3 Å². The fourth-order valence-corrected chi connectivity index (χ4v) is 4.88. The van der Waals surface area contributed by atoms with Crippen LogP contribution in [0.5, 0.6) is 5.75 Å². The smallest absolute Gasteiger partial charge is 0.263 e. The minimum absolute atomic E-state index is 0.0694. The summed E-state index contributed by atoms with van der Waals surface area (Å²) in [6.45, 7) is 1.92. The van der Waals surface area contributed by atoms with Crippen LogP contribution < -0.4 is 11.3 Å².